The second-order valence-corrected chi connectivity index (χ2v) is 8.40. The average molecular weight is 484 g/mol. The molecule has 0 amide bonds. The van der Waals surface area contributed by atoms with Crippen molar-refractivity contribution in [1.29, 1.82) is 0 Å². The molecule has 0 heterocycles. The van der Waals surface area contributed by atoms with E-state index >= 15 is 0 Å². The maximum absolute atomic E-state index is 12.8. The third kappa shape index (κ3) is 8.37. The molecule has 3 rings (SSSR count). The third-order valence-corrected chi connectivity index (χ3v) is 5.60. The second-order valence-electron chi connectivity index (χ2n) is 8.40. The van der Waals surface area contributed by atoms with Crippen molar-refractivity contribution >= 4 is 12.3 Å². The van der Waals surface area contributed by atoms with E-state index in [-0.39, 0.29) is 19.4 Å². The summed E-state index contributed by atoms with van der Waals surface area (Å²) in [6.07, 6.45) is -0.368. The van der Waals surface area contributed by atoms with Crippen LogP contribution in [0.1, 0.15) is 46.7 Å². The average Bonchev–Trinajstić information content (AvgIpc) is 2.84. The van der Waals surface area contributed by atoms with Gasteiger partial charge in [-0.05, 0) is 59.2 Å². The largest absolute Gasteiger partial charge is 0.416 e. The number of aldehydes is 1. The lowest BCUT2D eigenvalue weighted by Gasteiger charge is -2.20. The van der Waals surface area contributed by atoms with Crippen LogP contribution in [0.25, 0.3) is 0 Å². The summed E-state index contributed by atoms with van der Waals surface area (Å²) < 4.78 is 38.4. The van der Waals surface area contributed by atoms with Crippen molar-refractivity contribution in [2.45, 2.75) is 51.9 Å². The van der Waals surface area contributed by atoms with Gasteiger partial charge >= 0.3 is 12.1 Å². The summed E-state index contributed by atoms with van der Waals surface area (Å²) in [6, 6.07) is 21.1. The summed E-state index contributed by atoms with van der Waals surface area (Å²) >= 11 is 0. The highest BCUT2D eigenvalue weighted by Crippen LogP contribution is 2.29. The summed E-state index contributed by atoms with van der Waals surface area (Å²) in [5, 5.41) is 1.26. The van der Waals surface area contributed by atoms with Crippen molar-refractivity contribution in [1.82, 2.24) is 5.06 Å². The van der Waals surface area contributed by atoms with E-state index in [0.29, 0.717) is 5.56 Å². The van der Waals surface area contributed by atoms with Crippen LogP contribution >= 0.6 is 0 Å². The minimum atomic E-state index is -4.43. The van der Waals surface area contributed by atoms with Crippen LogP contribution in [0.3, 0.4) is 0 Å². The van der Waals surface area contributed by atoms with Gasteiger partial charge in [0.15, 0.2) is 0 Å². The Labute approximate surface area is 203 Å². The van der Waals surface area contributed by atoms with Crippen molar-refractivity contribution in [3.63, 3.8) is 0 Å². The van der Waals surface area contributed by atoms with Gasteiger partial charge in [-0.2, -0.15) is 13.2 Å². The lowest BCUT2D eigenvalue weighted by molar-refractivity contribution is -0.195. The number of alkyl halides is 3. The van der Waals surface area contributed by atoms with Gasteiger partial charge in [0, 0.05) is 0 Å². The maximum atomic E-state index is 12.8. The Morgan fingerprint density at radius 3 is 1.54 bits per heavy atom. The van der Waals surface area contributed by atoms with Gasteiger partial charge < -0.3 is 4.84 Å². The topological polar surface area (TPSA) is 46.6 Å². The van der Waals surface area contributed by atoms with Crippen LogP contribution in [0.15, 0.2) is 72.8 Å². The van der Waals surface area contributed by atoms with Gasteiger partial charge in [-0.3, -0.25) is 4.79 Å². The van der Waals surface area contributed by atoms with E-state index < -0.39 is 17.7 Å². The number of nitrogens with zero attached hydrogens (tertiary/aromatic N) is 1. The standard InChI is InChI=1S/C28H28F3NO3/c1-2-3-21-4-6-22(7-5-21)8-9-23-10-12-24(13-11-23)18-32(35-27(34)20-33)19-25-14-16-26(17-15-25)28(29,30)31/h4-7,10-17,20H,2-3,8-9,18-19H2,1H3. The molecule has 35 heavy (non-hydrogen) atoms. The highest BCUT2D eigenvalue weighted by Gasteiger charge is 2.30. The molecule has 3 aromatic rings. The number of hydroxylamine groups is 2. The number of rotatable bonds is 11. The normalized spacial score (nSPS) is 11.5. The molecular weight excluding hydrogens is 455 g/mol. The van der Waals surface area contributed by atoms with Crippen molar-refractivity contribution in [2.24, 2.45) is 0 Å². The lowest BCUT2D eigenvalue weighted by atomic mass is 10.0. The van der Waals surface area contributed by atoms with E-state index in [4.69, 9.17) is 4.84 Å². The van der Waals surface area contributed by atoms with Gasteiger partial charge in [0.2, 0.25) is 6.29 Å². The van der Waals surface area contributed by atoms with E-state index in [1.54, 1.807) is 0 Å². The molecular formula is C28H28F3NO3. The number of carbonyl (C=O) groups excluding carboxylic acids is 2. The van der Waals surface area contributed by atoms with Crippen molar-refractivity contribution in [3.8, 4) is 0 Å². The molecule has 0 aromatic heterocycles. The molecule has 7 heteroatoms. The highest BCUT2D eigenvalue weighted by molar-refractivity contribution is 6.20. The first-order valence-electron chi connectivity index (χ1n) is 11.5. The molecule has 0 fully saturated rings. The minimum absolute atomic E-state index is 0.0352. The van der Waals surface area contributed by atoms with E-state index in [9.17, 15) is 22.8 Å². The quantitative estimate of drug-likeness (QED) is 0.188. The molecule has 4 nitrogen and oxygen atoms in total. The van der Waals surface area contributed by atoms with Gasteiger partial charge in [0.1, 0.15) is 0 Å². The van der Waals surface area contributed by atoms with E-state index in [0.717, 1.165) is 48.9 Å². The first kappa shape index (κ1) is 26.2. The van der Waals surface area contributed by atoms with Gasteiger partial charge in [0.05, 0.1) is 18.7 Å². The SMILES string of the molecule is CCCc1ccc(CCc2ccc(CN(Cc3ccc(C(F)(F)F)cc3)OC(=O)C=O)cc2)cc1. The molecule has 3 aromatic carbocycles. The molecule has 0 atom stereocenters. The van der Waals surface area contributed by atoms with Crippen LogP contribution < -0.4 is 0 Å². The monoisotopic (exact) mass is 483 g/mol. The predicted octanol–water partition coefficient (Wildman–Crippen LogP) is 6.10. The Morgan fingerprint density at radius 1 is 0.743 bits per heavy atom. The number of halogens is 3. The second kappa shape index (κ2) is 12.3. The molecule has 0 aliphatic rings. The number of aryl methyl sites for hydroxylation is 3. The van der Waals surface area contributed by atoms with Crippen molar-refractivity contribution in [3.05, 3.63) is 106 Å². The van der Waals surface area contributed by atoms with Crippen molar-refractivity contribution in [2.75, 3.05) is 0 Å². The number of carbonyl (C=O) groups is 2. The molecule has 0 saturated carbocycles. The molecule has 0 radical (unpaired) electrons. The molecule has 0 unspecified atom stereocenters. The smallest absolute Gasteiger partial charge is 0.361 e. The number of hydrogen-bond donors (Lipinski definition) is 0. The summed E-state index contributed by atoms with van der Waals surface area (Å²) in [7, 11) is 0. The number of benzene rings is 3. The van der Waals surface area contributed by atoms with E-state index in [1.165, 1.54) is 28.3 Å². The fourth-order valence-electron chi connectivity index (χ4n) is 3.74. The first-order valence-corrected chi connectivity index (χ1v) is 11.5. The molecule has 0 N–H and O–H groups in total. The van der Waals surface area contributed by atoms with Gasteiger partial charge in [-0.1, -0.05) is 74.0 Å². The Kier molecular flexibility index (Phi) is 9.20. The fraction of sp³-hybridized carbons (Fsp3) is 0.286. The summed E-state index contributed by atoms with van der Waals surface area (Å²) in [6.45, 7) is 2.38. The minimum Gasteiger partial charge on any atom is -0.361 e. The Balaban J connectivity index is 1.60. The molecule has 0 aliphatic carbocycles. The Bertz CT molecular complexity index is 1090. The highest BCUT2D eigenvalue weighted by atomic mass is 19.4. The predicted molar refractivity (Wildman–Crippen MR) is 127 cm³/mol. The summed E-state index contributed by atoms with van der Waals surface area (Å²) in [5.41, 5.74) is 4.37. The molecule has 0 aliphatic heterocycles. The van der Waals surface area contributed by atoms with Crippen LogP contribution in [0.4, 0.5) is 13.2 Å². The molecule has 0 spiro atoms. The van der Waals surface area contributed by atoms with Gasteiger partial charge in [-0.25, -0.2) is 4.79 Å². The first-order chi connectivity index (χ1) is 16.8. The van der Waals surface area contributed by atoms with E-state index in [2.05, 4.69) is 31.2 Å². The third-order valence-electron chi connectivity index (χ3n) is 5.60. The molecule has 0 bridgehead atoms. The van der Waals surface area contributed by atoms with Crippen LogP contribution in [0.2, 0.25) is 0 Å². The zero-order chi connectivity index (χ0) is 25.3. The van der Waals surface area contributed by atoms with Crippen LogP contribution in [-0.2, 0) is 53.0 Å². The number of hydrogen-bond acceptors (Lipinski definition) is 4. The fourth-order valence-corrected chi connectivity index (χ4v) is 3.74. The Morgan fingerprint density at radius 2 is 1.14 bits per heavy atom. The van der Waals surface area contributed by atoms with Crippen LogP contribution in [0, 0.1) is 0 Å². The van der Waals surface area contributed by atoms with Crippen LogP contribution in [0.5, 0.6) is 0 Å². The van der Waals surface area contributed by atoms with Gasteiger partial charge in [0.25, 0.3) is 0 Å². The van der Waals surface area contributed by atoms with E-state index in [1.807, 2.05) is 24.3 Å². The zero-order valence-corrected chi connectivity index (χ0v) is 19.6. The van der Waals surface area contributed by atoms with Crippen LogP contribution in [-0.4, -0.2) is 17.3 Å². The molecule has 0 saturated heterocycles. The summed E-state index contributed by atoms with van der Waals surface area (Å²) in [4.78, 5) is 27.4. The molecule has 184 valence electrons. The maximum Gasteiger partial charge on any atom is 0.416 e. The van der Waals surface area contributed by atoms with Crippen molar-refractivity contribution < 1.29 is 27.6 Å². The zero-order valence-electron chi connectivity index (χ0n) is 19.6. The summed E-state index contributed by atoms with van der Waals surface area (Å²) in [5.74, 6) is -1.07. The lowest BCUT2D eigenvalue weighted by Crippen LogP contribution is -2.27. The Hall–Kier alpha value is -3.45. The van der Waals surface area contributed by atoms with Gasteiger partial charge in [-0.15, -0.1) is 5.06 Å².